The van der Waals surface area contributed by atoms with Gasteiger partial charge in [0.05, 0.1) is 12.2 Å². The molecule has 79 valence electrons. The van der Waals surface area contributed by atoms with Crippen molar-refractivity contribution in [2.45, 2.75) is 12.5 Å². The Kier molecular flexibility index (Phi) is 5.24. The number of hydrogen-bond acceptors (Lipinski definition) is 2. The number of ether oxygens (including phenoxy) is 1. The standard InChI is InChI=1S/C10H9FIO2Si/c11-8-3-2-7(6-9(8)12)10(13)14-4-1-5-15/h2-3,6H,1,4-5H2. The van der Waals surface area contributed by atoms with Crippen LogP contribution < -0.4 is 0 Å². The minimum atomic E-state index is -0.409. The lowest BCUT2D eigenvalue weighted by Gasteiger charge is -2.04. The highest BCUT2D eigenvalue weighted by atomic mass is 127. The van der Waals surface area contributed by atoms with Crippen molar-refractivity contribution in [3.63, 3.8) is 0 Å². The van der Waals surface area contributed by atoms with Crippen LogP contribution in [0, 0.1) is 9.39 Å². The zero-order valence-electron chi connectivity index (χ0n) is 7.93. The van der Waals surface area contributed by atoms with Gasteiger partial charge < -0.3 is 4.74 Å². The lowest BCUT2D eigenvalue weighted by Crippen LogP contribution is -2.06. The second kappa shape index (κ2) is 6.22. The Morgan fingerprint density at radius 2 is 2.27 bits per heavy atom. The van der Waals surface area contributed by atoms with Crippen molar-refractivity contribution in [1.82, 2.24) is 0 Å². The van der Waals surface area contributed by atoms with Gasteiger partial charge in [0.2, 0.25) is 0 Å². The van der Waals surface area contributed by atoms with Crippen molar-refractivity contribution in [3.8, 4) is 0 Å². The monoisotopic (exact) mass is 335 g/mol. The van der Waals surface area contributed by atoms with Crippen molar-refractivity contribution in [3.05, 3.63) is 33.1 Å². The molecule has 15 heavy (non-hydrogen) atoms. The van der Waals surface area contributed by atoms with Gasteiger partial charge in [-0.05, 0) is 47.2 Å². The molecule has 1 aromatic carbocycles. The second-order valence-corrected chi connectivity index (χ2v) is 4.53. The van der Waals surface area contributed by atoms with E-state index in [9.17, 15) is 9.18 Å². The third kappa shape index (κ3) is 3.90. The quantitative estimate of drug-likeness (QED) is 0.366. The minimum absolute atomic E-state index is 0.327. The average molecular weight is 335 g/mol. The van der Waals surface area contributed by atoms with Gasteiger partial charge in [0.1, 0.15) is 5.82 Å². The number of hydrogen-bond donors (Lipinski definition) is 0. The van der Waals surface area contributed by atoms with Gasteiger partial charge in [-0.1, -0.05) is 6.04 Å². The minimum Gasteiger partial charge on any atom is -0.462 e. The molecule has 2 nitrogen and oxygen atoms in total. The third-order valence-electron chi connectivity index (χ3n) is 1.71. The molecule has 0 bridgehead atoms. The van der Waals surface area contributed by atoms with Crippen LogP contribution in [0.2, 0.25) is 6.04 Å². The summed E-state index contributed by atoms with van der Waals surface area (Å²) < 4.78 is 18.3. The van der Waals surface area contributed by atoms with Crippen LogP contribution in [0.15, 0.2) is 18.2 Å². The SMILES string of the molecule is O=C(OCCC[Si])c1ccc(F)c(I)c1. The molecule has 5 heteroatoms. The predicted octanol–water partition coefficient (Wildman–Crippen LogP) is 2.56. The van der Waals surface area contributed by atoms with E-state index in [0.717, 1.165) is 12.5 Å². The molecule has 0 saturated carbocycles. The van der Waals surface area contributed by atoms with Crippen LogP contribution in [0.3, 0.4) is 0 Å². The number of carbonyl (C=O) groups is 1. The van der Waals surface area contributed by atoms with Crippen LogP contribution in [0.25, 0.3) is 0 Å². The summed E-state index contributed by atoms with van der Waals surface area (Å²) in [7, 11) is 3.28. The predicted molar refractivity (Wildman–Crippen MR) is 64.6 cm³/mol. The number of carbonyl (C=O) groups excluding carboxylic acids is 1. The zero-order valence-corrected chi connectivity index (χ0v) is 11.1. The molecule has 0 fully saturated rings. The molecular formula is C10H9FIO2Si. The maximum Gasteiger partial charge on any atom is 0.338 e. The van der Waals surface area contributed by atoms with Gasteiger partial charge in [-0.15, -0.1) is 0 Å². The van der Waals surface area contributed by atoms with Crippen molar-refractivity contribution in [2.24, 2.45) is 0 Å². The first kappa shape index (κ1) is 12.6. The third-order valence-corrected chi connectivity index (χ3v) is 2.89. The summed E-state index contributed by atoms with van der Waals surface area (Å²) in [5.74, 6) is -0.736. The first-order valence-corrected chi connectivity index (χ1v) is 6.20. The van der Waals surface area contributed by atoms with E-state index in [1.807, 2.05) is 22.6 Å². The van der Waals surface area contributed by atoms with E-state index in [1.54, 1.807) is 0 Å². The zero-order chi connectivity index (χ0) is 11.3. The van der Waals surface area contributed by atoms with E-state index in [-0.39, 0.29) is 5.82 Å². The van der Waals surface area contributed by atoms with E-state index in [1.165, 1.54) is 18.2 Å². The molecule has 0 unspecified atom stereocenters. The molecule has 0 saturated heterocycles. The summed E-state index contributed by atoms with van der Waals surface area (Å²) in [6.07, 6.45) is 0.765. The van der Waals surface area contributed by atoms with Crippen molar-refractivity contribution < 1.29 is 13.9 Å². The van der Waals surface area contributed by atoms with Crippen LogP contribution >= 0.6 is 22.6 Å². The Morgan fingerprint density at radius 1 is 1.53 bits per heavy atom. The number of esters is 1. The van der Waals surface area contributed by atoms with Gasteiger partial charge in [0, 0.05) is 13.8 Å². The maximum atomic E-state index is 12.9. The van der Waals surface area contributed by atoms with Crippen molar-refractivity contribution in [2.75, 3.05) is 6.61 Å². The summed E-state index contributed by atoms with van der Waals surface area (Å²) in [6, 6.07) is 4.95. The van der Waals surface area contributed by atoms with Gasteiger partial charge >= 0.3 is 5.97 Å². The Morgan fingerprint density at radius 3 is 2.87 bits per heavy atom. The summed E-state index contributed by atoms with van der Waals surface area (Å²) >= 11 is 1.84. The van der Waals surface area contributed by atoms with Crippen LogP contribution in [0.5, 0.6) is 0 Å². The first-order chi connectivity index (χ1) is 7.15. The summed E-state index contributed by atoms with van der Waals surface area (Å²) in [5, 5.41) is 0. The topological polar surface area (TPSA) is 26.3 Å². The molecule has 0 aliphatic rings. The fraction of sp³-hybridized carbons (Fsp3) is 0.300. The Bertz CT molecular complexity index is 357. The average Bonchev–Trinajstić information content (AvgIpc) is 2.22. The van der Waals surface area contributed by atoms with E-state index in [4.69, 9.17) is 4.74 Å². The highest BCUT2D eigenvalue weighted by molar-refractivity contribution is 14.1. The fourth-order valence-corrected chi connectivity index (χ4v) is 1.60. The molecular weight excluding hydrogens is 326 g/mol. The van der Waals surface area contributed by atoms with Crippen LogP contribution in [0.1, 0.15) is 16.8 Å². The largest absolute Gasteiger partial charge is 0.462 e. The highest BCUT2D eigenvalue weighted by Crippen LogP contribution is 2.13. The molecule has 0 aliphatic heterocycles. The molecule has 3 radical (unpaired) electrons. The molecule has 1 aromatic rings. The Labute approximate surface area is 105 Å². The second-order valence-electron chi connectivity index (χ2n) is 2.87. The normalized spacial score (nSPS) is 10.1. The van der Waals surface area contributed by atoms with Crippen LogP contribution in [-0.2, 0) is 4.74 Å². The molecule has 0 heterocycles. The Balaban J connectivity index is 2.62. The fourth-order valence-electron chi connectivity index (χ4n) is 0.943. The van der Waals surface area contributed by atoms with Crippen LogP contribution in [-0.4, -0.2) is 22.8 Å². The number of halogens is 2. The van der Waals surface area contributed by atoms with Gasteiger partial charge in [0.15, 0.2) is 0 Å². The first-order valence-electron chi connectivity index (χ1n) is 4.42. The van der Waals surface area contributed by atoms with Crippen molar-refractivity contribution >= 4 is 38.8 Å². The summed E-state index contributed by atoms with van der Waals surface area (Å²) in [5.41, 5.74) is 0.384. The molecule has 0 aliphatic carbocycles. The lowest BCUT2D eigenvalue weighted by atomic mass is 10.2. The molecule has 0 aromatic heterocycles. The van der Waals surface area contributed by atoms with Gasteiger partial charge in [-0.2, -0.15) is 0 Å². The smallest absolute Gasteiger partial charge is 0.338 e. The number of rotatable bonds is 4. The highest BCUT2D eigenvalue weighted by Gasteiger charge is 2.09. The molecule has 0 atom stereocenters. The van der Waals surface area contributed by atoms with E-state index < -0.39 is 5.97 Å². The molecule has 0 amide bonds. The summed E-state index contributed by atoms with van der Waals surface area (Å²) in [4.78, 5) is 11.4. The van der Waals surface area contributed by atoms with E-state index in [2.05, 4.69) is 10.2 Å². The van der Waals surface area contributed by atoms with Gasteiger partial charge in [0.25, 0.3) is 0 Å². The van der Waals surface area contributed by atoms with Gasteiger partial charge in [-0.3, -0.25) is 0 Å². The lowest BCUT2D eigenvalue weighted by molar-refractivity contribution is 0.0505. The van der Waals surface area contributed by atoms with Gasteiger partial charge in [-0.25, -0.2) is 9.18 Å². The molecule has 0 spiro atoms. The van der Waals surface area contributed by atoms with Crippen molar-refractivity contribution in [1.29, 1.82) is 0 Å². The van der Waals surface area contributed by atoms with Crippen LogP contribution in [0.4, 0.5) is 4.39 Å². The van der Waals surface area contributed by atoms with E-state index in [0.29, 0.717) is 15.7 Å². The number of benzene rings is 1. The molecule has 0 N–H and O–H groups in total. The summed E-state index contributed by atoms with van der Waals surface area (Å²) in [6.45, 7) is 0.371. The molecule has 1 rings (SSSR count). The Hall–Kier alpha value is -0.433. The maximum absolute atomic E-state index is 12.9. The van der Waals surface area contributed by atoms with E-state index >= 15 is 0 Å².